The molecule has 1 unspecified atom stereocenters. The number of ether oxygens (including phenoxy) is 1. The van der Waals surface area contributed by atoms with Gasteiger partial charge in [-0.1, -0.05) is 52.4 Å². The smallest absolute Gasteiger partial charge is 0.325 e. The maximum Gasteiger partial charge on any atom is 0.325 e. The minimum atomic E-state index is -1.39. The molecule has 138 valence electrons. The molecule has 1 aliphatic rings. The van der Waals surface area contributed by atoms with Crippen LogP contribution in [0.1, 0.15) is 12.0 Å². The van der Waals surface area contributed by atoms with Crippen LogP contribution in [0, 0.1) is 8.99 Å². The van der Waals surface area contributed by atoms with Crippen molar-refractivity contribution >= 4 is 61.7 Å². The van der Waals surface area contributed by atoms with Gasteiger partial charge in [0.15, 0.2) is 5.41 Å². The molecule has 0 saturated carbocycles. The second-order valence-corrected chi connectivity index (χ2v) is 8.20. The normalized spacial score (nSPS) is 18.6. The number of anilines is 1. The van der Waals surface area contributed by atoms with Crippen LogP contribution in [0.3, 0.4) is 0 Å². The molecule has 1 atom stereocenters. The first-order chi connectivity index (χ1) is 13.0. The highest BCUT2D eigenvalue weighted by Crippen LogP contribution is 2.37. The molecule has 0 saturated heterocycles. The summed E-state index contributed by atoms with van der Waals surface area (Å²) in [5.74, 6) is -0.988. The molecule has 3 rings (SSSR count). The maximum absolute atomic E-state index is 13.0. The van der Waals surface area contributed by atoms with Crippen molar-refractivity contribution in [3.05, 3.63) is 80.4 Å². The van der Waals surface area contributed by atoms with E-state index in [0.29, 0.717) is 5.69 Å². The lowest BCUT2D eigenvalue weighted by molar-refractivity contribution is -0.153. The van der Waals surface area contributed by atoms with Gasteiger partial charge in [-0.3, -0.25) is 9.59 Å². The second kappa shape index (κ2) is 8.39. The fourth-order valence-corrected chi connectivity index (χ4v) is 3.78. The van der Waals surface area contributed by atoms with Crippen LogP contribution in [0.4, 0.5) is 5.69 Å². The molecule has 2 aromatic carbocycles. The standard InChI is InChI=1S/C21H17BrINO3/c1-27-20(26)21(19(25)24-16-8-6-15(23)7-9-16)12-10-14(11-13-21)17-4-2-3-5-18(17)22/h2-12H,13H2,1H3,(H,24,25). The number of carbonyl (C=O) groups excluding carboxylic acids is 2. The van der Waals surface area contributed by atoms with E-state index < -0.39 is 17.3 Å². The zero-order chi connectivity index (χ0) is 19.4. The summed E-state index contributed by atoms with van der Waals surface area (Å²) >= 11 is 5.73. The van der Waals surface area contributed by atoms with Gasteiger partial charge in [0.05, 0.1) is 7.11 Å². The minimum Gasteiger partial charge on any atom is -0.468 e. The Hall–Kier alpha value is -1.93. The molecule has 0 fully saturated rings. The zero-order valence-corrected chi connectivity index (χ0v) is 18.3. The first-order valence-electron chi connectivity index (χ1n) is 8.26. The molecule has 0 spiro atoms. The molecule has 2 aromatic rings. The third-order valence-corrected chi connectivity index (χ3v) is 5.84. The van der Waals surface area contributed by atoms with Crippen molar-refractivity contribution in [3.8, 4) is 0 Å². The number of benzene rings is 2. The summed E-state index contributed by atoms with van der Waals surface area (Å²) in [5, 5.41) is 2.83. The van der Waals surface area contributed by atoms with Crippen LogP contribution >= 0.6 is 38.5 Å². The summed E-state index contributed by atoms with van der Waals surface area (Å²) in [5.41, 5.74) is 1.20. The summed E-state index contributed by atoms with van der Waals surface area (Å²) < 4.78 is 6.96. The highest BCUT2D eigenvalue weighted by Gasteiger charge is 2.45. The van der Waals surface area contributed by atoms with Crippen molar-refractivity contribution < 1.29 is 14.3 Å². The maximum atomic E-state index is 13.0. The van der Waals surface area contributed by atoms with Gasteiger partial charge in [-0.25, -0.2) is 0 Å². The Morgan fingerprint density at radius 3 is 2.44 bits per heavy atom. The number of carbonyl (C=O) groups is 2. The second-order valence-electron chi connectivity index (χ2n) is 6.10. The highest BCUT2D eigenvalue weighted by atomic mass is 127. The Balaban J connectivity index is 1.88. The topological polar surface area (TPSA) is 55.4 Å². The van der Waals surface area contributed by atoms with E-state index >= 15 is 0 Å². The Morgan fingerprint density at radius 1 is 1.15 bits per heavy atom. The molecule has 0 heterocycles. The third kappa shape index (κ3) is 4.16. The molecular formula is C21H17BrINO3. The number of esters is 1. The molecule has 0 bridgehead atoms. The van der Waals surface area contributed by atoms with E-state index in [2.05, 4.69) is 43.8 Å². The van der Waals surface area contributed by atoms with Gasteiger partial charge in [0.25, 0.3) is 0 Å². The van der Waals surface area contributed by atoms with Gasteiger partial charge in [0.2, 0.25) is 5.91 Å². The molecule has 27 heavy (non-hydrogen) atoms. The lowest BCUT2D eigenvalue weighted by atomic mass is 9.78. The van der Waals surface area contributed by atoms with Crippen LogP contribution in [0.15, 0.2) is 71.2 Å². The van der Waals surface area contributed by atoms with Crippen LogP contribution in [0.5, 0.6) is 0 Å². The Morgan fingerprint density at radius 2 is 1.85 bits per heavy atom. The molecule has 4 nitrogen and oxygen atoms in total. The van der Waals surface area contributed by atoms with E-state index in [1.807, 2.05) is 42.5 Å². The Bertz CT molecular complexity index is 937. The number of halogens is 2. The van der Waals surface area contributed by atoms with Crippen LogP contribution in [-0.4, -0.2) is 19.0 Å². The number of rotatable bonds is 4. The van der Waals surface area contributed by atoms with E-state index in [-0.39, 0.29) is 6.42 Å². The number of amides is 1. The SMILES string of the molecule is COC(=O)C1(C(=O)Nc2ccc(I)cc2)C=CC(c2ccccc2Br)=CC1. The van der Waals surface area contributed by atoms with Gasteiger partial charge in [0, 0.05) is 13.7 Å². The van der Waals surface area contributed by atoms with Gasteiger partial charge in [-0.15, -0.1) is 0 Å². The van der Waals surface area contributed by atoms with Crippen LogP contribution in [0.25, 0.3) is 5.57 Å². The number of methoxy groups -OCH3 is 1. The fourth-order valence-electron chi connectivity index (χ4n) is 2.90. The number of hydrogen-bond donors (Lipinski definition) is 1. The van der Waals surface area contributed by atoms with Crippen molar-refractivity contribution in [3.63, 3.8) is 0 Å². The van der Waals surface area contributed by atoms with E-state index in [4.69, 9.17) is 4.74 Å². The molecule has 0 aliphatic heterocycles. The van der Waals surface area contributed by atoms with Gasteiger partial charge in [-0.2, -0.15) is 0 Å². The van der Waals surface area contributed by atoms with Gasteiger partial charge in [-0.05, 0) is 70.5 Å². The van der Waals surface area contributed by atoms with Crippen molar-refractivity contribution in [1.29, 1.82) is 0 Å². The number of allylic oxidation sites excluding steroid dienone is 3. The number of nitrogens with one attached hydrogen (secondary N) is 1. The summed E-state index contributed by atoms with van der Waals surface area (Å²) in [6, 6.07) is 15.2. The molecular weight excluding hydrogens is 521 g/mol. The van der Waals surface area contributed by atoms with Gasteiger partial charge in [0.1, 0.15) is 0 Å². The average molecular weight is 538 g/mol. The predicted octanol–water partition coefficient (Wildman–Crippen LogP) is 5.20. The number of hydrogen-bond acceptors (Lipinski definition) is 3. The summed E-state index contributed by atoms with van der Waals surface area (Å²) in [6.45, 7) is 0. The lowest BCUT2D eigenvalue weighted by Gasteiger charge is -2.28. The van der Waals surface area contributed by atoms with Crippen molar-refractivity contribution in [2.24, 2.45) is 5.41 Å². The van der Waals surface area contributed by atoms with E-state index in [1.165, 1.54) is 7.11 Å². The Labute approximate surface area is 180 Å². The summed E-state index contributed by atoms with van der Waals surface area (Å²) in [7, 11) is 1.29. The Kier molecular flexibility index (Phi) is 6.16. The molecule has 1 amide bonds. The molecule has 1 aliphatic carbocycles. The van der Waals surface area contributed by atoms with Crippen molar-refractivity contribution in [2.45, 2.75) is 6.42 Å². The zero-order valence-electron chi connectivity index (χ0n) is 14.5. The fraction of sp³-hybridized carbons (Fsp3) is 0.143. The van der Waals surface area contributed by atoms with Gasteiger partial charge < -0.3 is 10.1 Å². The van der Waals surface area contributed by atoms with Crippen molar-refractivity contribution in [2.75, 3.05) is 12.4 Å². The van der Waals surface area contributed by atoms with Crippen molar-refractivity contribution in [1.82, 2.24) is 0 Å². The molecule has 0 radical (unpaired) electrons. The summed E-state index contributed by atoms with van der Waals surface area (Å²) in [6.07, 6.45) is 5.55. The van der Waals surface area contributed by atoms with Crippen LogP contribution < -0.4 is 5.32 Å². The quantitative estimate of drug-likeness (QED) is 0.331. The predicted molar refractivity (Wildman–Crippen MR) is 118 cm³/mol. The van der Waals surface area contributed by atoms with Crippen LogP contribution in [-0.2, 0) is 14.3 Å². The van der Waals surface area contributed by atoms with Crippen LogP contribution in [0.2, 0.25) is 0 Å². The van der Waals surface area contributed by atoms with Gasteiger partial charge >= 0.3 is 5.97 Å². The van der Waals surface area contributed by atoms with E-state index in [9.17, 15) is 9.59 Å². The highest BCUT2D eigenvalue weighted by molar-refractivity contribution is 14.1. The largest absolute Gasteiger partial charge is 0.468 e. The van der Waals surface area contributed by atoms with E-state index in [0.717, 1.165) is 19.2 Å². The first-order valence-corrected chi connectivity index (χ1v) is 10.1. The summed E-state index contributed by atoms with van der Waals surface area (Å²) in [4.78, 5) is 25.5. The average Bonchev–Trinajstić information content (AvgIpc) is 2.69. The molecule has 0 aromatic heterocycles. The lowest BCUT2D eigenvalue weighted by Crippen LogP contribution is -2.43. The molecule has 6 heteroatoms. The monoisotopic (exact) mass is 537 g/mol. The minimum absolute atomic E-state index is 0.225. The van der Waals surface area contributed by atoms with E-state index in [1.54, 1.807) is 24.3 Å². The third-order valence-electron chi connectivity index (χ3n) is 4.43. The molecule has 1 N–H and O–H groups in total. The first kappa shape index (κ1) is 19.8.